The number of hydrogen-bond acceptors (Lipinski definition) is 4. The molecule has 2 aromatic rings. The molecule has 2 rings (SSSR count). The number of esters is 1. The number of para-hydroxylation sites is 1. The van der Waals surface area contributed by atoms with Crippen LogP contribution in [0, 0.1) is 0 Å². The summed E-state index contributed by atoms with van der Waals surface area (Å²) in [6, 6.07) is 12.7. The maximum absolute atomic E-state index is 11.3. The summed E-state index contributed by atoms with van der Waals surface area (Å²) in [5, 5.41) is 0. The van der Waals surface area contributed by atoms with Crippen molar-refractivity contribution in [3.63, 3.8) is 0 Å². The predicted molar refractivity (Wildman–Crippen MR) is 65.5 cm³/mol. The van der Waals surface area contributed by atoms with Gasteiger partial charge in [-0.2, -0.15) is 0 Å². The van der Waals surface area contributed by atoms with Gasteiger partial charge in [-0.15, -0.1) is 0 Å². The number of ether oxygens (including phenoxy) is 2. The Kier molecular flexibility index (Phi) is 3.67. The molecule has 0 N–H and O–H groups in total. The highest BCUT2D eigenvalue weighted by Crippen LogP contribution is 2.23. The first-order valence-electron chi connectivity index (χ1n) is 5.60. The van der Waals surface area contributed by atoms with Gasteiger partial charge in [0.2, 0.25) is 5.76 Å². The van der Waals surface area contributed by atoms with Crippen LogP contribution in [0.1, 0.15) is 29.3 Å². The molecule has 0 spiro atoms. The molecular formula is C14H14O4. The minimum atomic E-state index is -0.492. The Bertz CT molecular complexity index is 516. The zero-order valence-electron chi connectivity index (χ0n) is 10.3. The van der Waals surface area contributed by atoms with Crippen LogP contribution < -0.4 is 4.74 Å². The van der Waals surface area contributed by atoms with Gasteiger partial charge in [0.1, 0.15) is 11.5 Å². The number of rotatable bonds is 4. The van der Waals surface area contributed by atoms with Crippen LogP contribution in [-0.2, 0) is 4.74 Å². The summed E-state index contributed by atoms with van der Waals surface area (Å²) in [4.78, 5) is 11.3. The molecule has 0 aliphatic heterocycles. The third kappa shape index (κ3) is 2.71. The highest BCUT2D eigenvalue weighted by molar-refractivity contribution is 5.86. The van der Waals surface area contributed by atoms with Gasteiger partial charge in [0.15, 0.2) is 6.10 Å². The summed E-state index contributed by atoms with van der Waals surface area (Å²) in [5.41, 5.74) is 0. The zero-order chi connectivity index (χ0) is 13.0. The molecule has 0 saturated heterocycles. The number of methoxy groups -OCH3 is 1. The Morgan fingerprint density at radius 1 is 1.17 bits per heavy atom. The van der Waals surface area contributed by atoms with Gasteiger partial charge in [0.25, 0.3) is 0 Å². The van der Waals surface area contributed by atoms with E-state index < -0.39 is 5.97 Å². The van der Waals surface area contributed by atoms with Gasteiger partial charge in [-0.3, -0.25) is 0 Å². The molecule has 94 valence electrons. The lowest BCUT2D eigenvalue weighted by Gasteiger charge is -2.11. The van der Waals surface area contributed by atoms with Crippen LogP contribution in [-0.4, -0.2) is 13.1 Å². The van der Waals surface area contributed by atoms with Gasteiger partial charge in [-0.1, -0.05) is 18.2 Å². The number of benzene rings is 1. The van der Waals surface area contributed by atoms with Crippen LogP contribution in [0.5, 0.6) is 5.75 Å². The summed E-state index contributed by atoms with van der Waals surface area (Å²) >= 11 is 0. The summed E-state index contributed by atoms with van der Waals surface area (Å²) in [5.74, 6) is 1.02. The molecule has 1 heterocycles. The maximum Gasteiger partial charge on any atom is 0.373 e. The molecule has 0 amide bonds. The molecule has 0 radical (unpaired) electrons. The van der Waals surface area contributed by atoms with Crippen molar-refractivity contribution in [3.8, 4) is 5.75 Å². The molecule has 0 saturated carbocycles. The number of furan rings is 1. The first-order valence-corrected chi connectivity index (χ1v) is 5.60. The number of hydrogen-bond donors (Lipinski definition) is 0. The lowest BCUT2D eigenvalue weighted by Crippen LogP contribution is -2.02. The van der Waals surface area contributed by atoms with Crippen molar-refractivity contribution in [1.29, 1.82) is 0 Å². The van der Waals surface area contributed by atoms with E-state index in [1.165, 1.54) is 7.11 Å². The quantitative estimate of drug-likeness (QED) is 0.777. The minimum Gasteiger partial charge on any atom is -0.483 e. The SMILES string of the molecule is COC(=O)c1ccc(C(C)Oc2ccccc2)o1. The summed E-state index contributed by atoms with van der Waals surface area (Å²) in [6.07, 6.45) is -0.272. The molecule has 4 heteroatoms. The topological polar surface area (TPSA) is 48.7 Å². The third-order valence-corrected chi connectivity index (χ3v) is 2.47. The lowest BCUT2D eigenvalue weighted by atomic mass is 10.3. The molecule has 1 aromatic carbocycles. The van der Waals surface area contributed by atoms with E-state index in [4.69, 9.17) is 9.15 Å². The lowest BCUT2D eigenvalue weighted by molar-refractivity contribution is 0.0558. The number of carbonyl (C=O) groups excluding carboxylic acids is 1. The maximum atomic E-state index is 11.3. The molecule has 1 unspecified atom stereocenters. The Hall–Kier alpha value is -2.23. The fourth-order valence-electron chi connectivity index (χ4n) is 1.54. The van der Waals surface area contributed by atoms with E-state index in [1.54, 1.807) is 12.1 Å². The molecule has 0 fully saturated rings. The van der Waals surface area contributed by atoms with Crippen molar-refractivity contribution < 1.29 is 18.7 Å². The fraction of sp³-hybridized carbons (Fsp3) is 0.214. The molecule has 0 bridgehead atoms. The molecule has 0 aliphatic rings. The standard InChI is InChI=1S/C14H14O4/c1-10(17-11-6-4-3-5-7-11)12-8-9-13(18-12)14(15)16-2/h3-10H,1-2H3. The fourth-order valence-corrected chi connectivity index (χ4v) is 1.54. The van der Waals surface area contributed by atoms with E-state index in [2.05, 4.69) is 4.74 Å². The van der Waals surface area contributed by atoms with E-state index in [1.807, 2.05) is 37.3 Å². The largest absolute Gasteiger partial charge is 0.483 e. The van der Waals surface area contributed by atoms with Gasteiger partial charge < -0.3 is 13.9 Å². The Morgan fingerprint density at radius 2 is 1.89 bits per heavy atom. The van der Waals surface area contributed by atoms with E-state index in [-0.39, 0.29) is 11.9 Å². The zero-order valence-corrected chi connectivity index (χ0v) is 10.3. The van der Waals surface area contributed by atoms with Crippen molar-refractivity contribution in [2.45, 2.75) is 13.0 Å². The molecule has 18 heavy (non-hydrogen) atoms. The first kappa shape index (κ1) is 12.2. The molecule has 1 atom stereocenters. The monoisotopic (exact) mass is 246 g/mol. The summed E-state index contributed by atoms with van der Waals surface area (Å²) in [7, 11) is 1.31. The van der Waals surface area contributed by atoms with Gasteiger partial charge in [0.05, 0.1) is 7.11 Å². The highest BCUT2D eigenvalue weighted by atomic mass is 16.5. The second-order valence-electron chi connectivity index (χ2n) is 3.77. The molecular weight excluding hydrogens is 232 g/mol. The van der Waals surface area contributed by atoms with Crippen molar-refractivity contribution in [3.05, 3.63) is 54.0 Å². The van der Waals surface area contributed by atoms with Crippen LogP contribution >= 0.6 is 0 Å². The Balaban J connectivity index is 2.07. The van der Waals surface area contributed by atoms with Crippen molar-refractivity contribution >= 4 is 5.97 Å². The van der Waals surface area contributed by atoms with Crippen LogP contribution in [0.25, 0.3) is 0 Å². The van der Waals surface area contributed by atoms with Crippen molar-refractivity contribution in [1.82, 2.24) is 0 Å². The highest BCUT2D eigenvalue weighted by Gasteiger charge is 2.16. The average Bonchev–Trinajstić information content (AvgIpc) is 2.88. The van der Waals surface area contributed by atoms with Gasteiger partial charge in [0, 0.05) is 0 Å². The van der Waals surface area contributed by atoms with E-state index in [0.717, 1.165) is 5.75 Å². The third-order valence-electron chi connectivity index (χ3n) is 2.47. The normalized spacial score (nSPS) is 11.9. The van der Waals surface area contributed by atoms with Crippen LogP contribution in [0.4, 0.5) is 0 Å². The van der Waals surface area contributed by atoms with Crippen LogP contribution in [0.2, 0.25) is 0 Å². The summed E-state index contributed by atoms with van der Waals surface area (Å²) in [6.45, 7) is 1.85. The van der Waals surface area contributed by atoms with Gasteiger partial charge in [-0.25, -0.2) is 4.79 Å². The van der Waals surface area contributed by atoms with Crippen molar-refractivity contribution in [2.24, 2.45) is 0 Å². The molecule has 1 aromatic heterocycles. The van der Waals surface area contributed by atoms with Crippen LogP contribution in [0.3, 0.4) is 0 Å². The van der Waals surface area contributed by atoms with E-state index in [9.17, 15) is 4.79 Å². The summed E-state index contributed by atoms with van der Waals surface area (Å²) < 4.78 is 15.6. The molecule has 0 aliphatic carbocycles. The minimum absolute atomic E-state index is 0.177. The van der Waals surface area contributed by atoms with E-state index in [0.29, 0.717) is 5.76 Å². The smallest absolute Gasteiger partial charge is 0.373 e. The first-order chi connectivity index (χ1) is 8.70. The Labute approximate surface area is 105 Å². The van der Waals surface area contributed by atoms with Crippen molar-refractivity contribution in [2.75, 3.05) is 7.11 Å². The second-order valence-corrected chi connectivity index (χ2v) is 3.77. The average molecular weight is 246 g/mol. The second kappa shape index (κ2) is 5.40. The number of carbonyl (C=O) groups is 1. The van der Waals surface area contributed by atoms with E-state index >= 15 is 0 Å². The predicted octanol–water partition coefficient (Wildman–Crippen LogP) is 3.21. The Morgan fingerprint density at radius 3 is 2.56 bits per heavy atom. The van der Waals surface area contributed by atoms with Gasteiger partial charge in [-0.05, 0) is 31.2 Å². The van der Waals surface area contributed by atoms with Crippen LogP contribution in [0.15, 0.2) is 46.9 Å². The van der Waals surface area contributed by atoms with Gasteiger partial charge >= 0.3 is 5.97 Å². The molecule has 4 nitrogen and oxygen atoms in total.